The predicted molar refractivity (Wildman–Crippen MR) is 120 cm³/mol. The van der Waals surface area contributed by atoms with E-state index in [4.69, 9.17) is 5.73 Å². The fourth-order valence-electron chi connectivity index (χ4n) is 4.76. The molecular weight excluding hydrogens is 414 g/mol. The highest BCUT2D eigenvalue weighted by Crippen LogP contribution is 2.38. The number of nitrogens with two attached hydrogens (primary N) is 1. The van der Waals surface area contributed by atoms with Gasteiger partial charge in [-0.3, -0.25) is 33.6 Å². The Hall–Kier alpha value is -2.91. The van der Waals surface area contributed by atoms with Gasteiger partial charge in [0.25, 0.3) is 5.56 Å². The van der Waals surface area contributed by atoms with Gasteiger partial charge in [0.05, 0.1) is 11.8 Å². The first-order valence-corrected chi connectivity index (χ1v) is 11.6. The lowest BCUT2D eigenvalue weighted by molar-refractivity contribution is -0.140. The summed E-state index contributed by atoms with van der Waals surface area (Å²) in [7, 11) is 0. The van der Waals surface area contributed by atoms with Crippen LogP contribution in [0.3, 0.4) is 0 Å². The molecule has 1 aromatic rings. The average Bonchev–Trinajstić information content (AvgIpc) is 3.01. The second-order valence-corrected chi connectivity index (χ2v) is 8.62. The molecular formula is C22H33N5O5. The van der Waals surface area contributed by atoms with Crippen LogP contribution in [-0.4, -0.2) is 45.3 Å². The smallest absolute Gasteiger partial charge is 0.330 e. The molecule has 0 bridgehead atoms. The number of likely N-dealkylation sites (tertiary alicyclic amines) is 1. The molecule has 2 heterocycles. The number of anilines is 2. The molecule has 3 amide bonds. The molecule has 0 spiro atoms. The molecule has 32 heavy (non-hydrogen) atoms. The number of rotatable bonds is 9. The first-order chi connectivity index (χ1) is 15.3. The molecule has 3 rings (SSSR count). The largest absolute Gasteiger partial charge is 0.383 e. The van der Waals surface area contributed by atoms with Crippen molar-refractivity contribution in [2.75, 3.05) is 23.7 Å². The maximum atomic E-state index is 13.1. The van der Waals surface area contributed by atoms with E-state index in [2.05, 4.69) is 4.98 Å². The molecule has 1 aliphatic heterocycles. The van der Waals surface area contributed by atoms with Gasteiger partial charge in [-0.2, -0.15) is 0 Å². The van der Waals surface area contributed by atoms with Gasteiger partial charge in [0.15, 0.2) is 5.69 Å². The minimum absolute atomic E-state index is 0.0169. The van der Waals surface area contributed by atoms with Crippen LogP contribution in [0.5, 0.6) is 0 Å². The van der Waals surface area contributed by atoms with Gasteiger partial charge >= 0.3 is 5.69 Å². The predicted octanol–water partition coefficient (Wildman–Crippen LogP) is 1.23. The minimum Gasteiger partial charge on any atom is -0.383 e. The summed E-state index contributed by atoms with van der Waals surface area (Å²) in [6.45, 7) is 4.37. The third-order valence-corrected chi connectivity index (χ3v) is 6.45. The number of imide groups is 1. The molecule has 3 N–H and O–H groups in total. The fourth-order valence-corrected chi connectivity index (χ4v) is 4.76. The molecule has 2 aliphatic rings. The molecule has 10 nitrogen and oxygen atoms in total. The summed E-state index contributed by atoms with van der Waals surface area (Å²) in [5, 5.41) is 0. The third-order valence-electron chi connectivity index (χ3n) is 6.45. The van der Waals surface area contributed by atoms with Crippen LogP contribution >= 0.6 is 0 Å². The van der Waals surface area contributed by atoms with Gasteiger partial charge < -0.3 is 10.6 Å². The molecule has 2 atom stereocenters. The van der Waals surface area contributed by atoms with E-state index in [1.165, 1.54) is 14.4 Å². The van der Waals surface area contributed by atoms with E-state index < -0.39 is 17.2 Å². The normalized spacial score (nSPS) is 20.5. The number of hydrogen-bond donors (Lipinski definition) is 2. The summed E-state index contributed by atoms with van der Waals surface area (Å²) in [6.07, 6.45) is 5.28. The number of nitrogen functional groups attached to an aromatic ring is 1. The van der Waals surface area contributed by atoms with E-state index in [-0.39, 0.29) is 54.7 Å². The number of carbonyl (C=O) groups is 3. The molecule has 1 saturated heterocycles. The van der Waals surface area contributed by atoms with Gasteiger partial charge in [-0.25, -0.2) is 4.79 Å². The van der Waals surface area contributed by atoms with E-state index in [1.54, 1.807) is 0 Å². The van der Waals surface area contributed by atoms with Crippen LogP contribution < -0.4 is 21.9 Å². The van der Waals surface area contributed by atoms with E-state index in [0.29, 0.717) is 32.2 Å². The Labute approximate surface area is 186 Å². The van der Waals surface area contributed by atoms with Gasteiger partial charge in [-0.15, -0.1) is 0 Å². The van der Waals surface area contributed by atoms with Crippen molar-refractivity contribution in [1.29, 1.82) is 0 Å². The van der Waals surface area contributed by atoms with Crippen LogP contribution in [0.4, 0.5) is 11.5 Å². The van der Waals surface area contributed by atoms with Crippen molar-refractivity contribution in [3.05, 3.63) is 20.8 Å². The topological polar surface area (TPSA) is 139 Å². The van der Waals surface area contributed by atoms with E-state index >= 15 is 0 Å². The van der Waals surface area contributed by atoms with Crippen molar-refractivity contribution in [1.82, 2.24) is 14.5 Å². The highest BCUT2D eigenvalue weighted by Gasteiger charge is 2.48. The summed E-state index contributed by atoms with van der Waals surface area (Å²) in [5.74, 6) is -1.38. The fraction of sp³-hybridized carbons (Fsp3) is 0.682. The lowest BCUT2D eigenvalue weighted by atomic mass is 9.81. The third kappa shape index (κ3) is 4.49. The summed E-state index contributed by atoms with van der Waals surface area (Å²) >= 11 is 0. The Kier molecular flexibility index (Phi) is 7.52. The van der Waals surface area contributed by atoms with Crippen molar-refractivity contribution in [2.24, 2.45) is 11.8 Å². The van der Waals surface area contributed by atoms with E-state index in [9.17, 15) is 24.0 Å². The number of amides is 3. The summed E-state index contributed by atoms with van der Waals surface area (Å²) < 4.78 is 1.27. The molecule has 1 aromatic heterocycles. The van der Waals surface area contributed by atoms with Crippen LogP contribution in [0, 0.1) is 11.8 Å². The highest BCUT2D eigenvalue weighted by atomic mass is 16.2. The van der Waals surface area contributed by atoms with Gasteiger partial charge in [-0.1, -0.05) is 33.1 Å². The maximum Gasteiger partial charge on any atom is 0.330 e. The monoisotopic (exact) mass is 447 g/mol. The van der Waals surface area contributed by atoms with Crippen LogP contribution in [-0.2, 0) is 20.9 Å². The van der Waals surface area contributed by atoms with Crippen LogP contribution in [0.25, 0.3) is 0 Å². The molecule has 1 saturated carbocycles. The molecule has 2 fully saturated rings. The molecule has 0 radical (unpaired) electrons. The van der Waals surface area contributed by atoms with E-state index in [0.717, 1.165) is 19.3 Å². The number of fused-ring (bicyclic) bond motifs is 1. The number of aromatic amines is 1. The van der Waals surface area contributed by atoms with Crippen LogP contribution in [0.2, 0.25) is 0 Å². The van der Waals surface area contributed by atoms with Crippen molar-refractivity contribution < 1.29 is 14.4 Å². The SMILES string of the molecule is CCCCn1c(N)c(N(CCC)C(=O)CCN2C(=O)[C@H]3CCCC[C@@H]3C2=O)c(=O)[nH]c1=O. The zero-order valence-electron chi connectivity index (χ0n) is 18.9. The zero-order chi connectivity index (χ0) is 23.4. The molecule has 10 heteroatoms. The molecule has 0 unspecified atom stereocenters. The van der Waals surface area contributed by atoms with Crippen molar-refractivity contribution in [3.63, 3.8) is 0 Å². The quantitative estimate of drug-likeness (QED) is 0.546. The second kappa shape index (κ2) is 10.1. The number of hydrogen-bond acceptors (Lipinski definition) is 6. The Morgan fingerprint density at radius 3 is 2.22 bits per heavy atom. The number of unbranched alkanes of at least 4 members (excludes halogenated alkanes) is 1. The first-order valence-electron chi connectivity index (χ1n) is 11.6. The van der Waals surface area contributed by atoms with Crippen LogP contribution in [0.15, 0.2) is 9.59 Å². The number of aromatic nitrogens is 2. The Balaban J connectivity index is 1.81. The lowest BCUT2D eigenvalue weighted by Crippen LogP contribution is -2.43. The Morgan fingerprint density at radius 1 is 1.03 bits per heavy atom. The highest BCUT2D eigenvalue weighted by molar-refractivity contribution is 6.05. The zero-order valence-corrected chi connectivity index (χ0v) is 18.9. The second-order valence-electron chi connectivity index (χ2n) is 8.62. The molecule has 176 valence electrons. The van der Waals surface area contributed by atoms with Gasteiger partial charge in [0.2, 0.25) is 17.7 Å². The van der Waals surface area contributed by atoms with Gasteiger partial charge in [0, 0.05) is 26.1 Å². The Morgan fingerprint density at radius 2 is 1.66 bits per heavy atom. The van der Waals surface area contributed by atoms with Crippen molar-refractivity contribution >= 4 is 29.2 Å². The van der Waals surface area contributed by atoms with Crippen molar-refractivity contribution in [2.45, 2.75) is 71.8 Å². The average molecular weight is 448 g/mol. The minimum atomic E-state index is -0.721. The summed E-state index contributed by atoms with van der Waals surface area (Å²) in [4.78, 5) is 68.0. The summed E-state index contributed by atoms with van der Waals surface area (Å²) in [5.41, 5.74) is 4.78. The van der Waals surface area contributed by atoms with E-state index in [1.807, 2.05) is 13.8 Å². The number of nitrogens with one attached hydrogen (secondary N) is 1. The standard InChI is InChI=1S/C22H33N5O5/c1-3-5-12-26-18(23)17(19(29)24-22(26)32)25(11-4-2)16(28)10-13-27-20(30)14-8-6-7-9-15(14)21(27)31/h14-15H,3-13,23H2,1-2H3,(H,24,29,32)/t14-,15-/m0/s1. The lowest BCUT2D eigenvalue weighted by Gasteiger charge is -2.25. The maximum absolute atomic E-state index is 13.1. The number of H-pyrrole nitrogens is 1. The molecule has 1 aliphatic carbocycles. The van der Waals surface area contributed by atoms with Crippen molar-refractivity contribution in [3.8, 4) is 0 Å². The number of nitrogens with zero attached hydrogens (tertiary/aromatic N) is 3. The number of carbonyl (C=O) groups excluding carboxylic acids is 3. The van der Waals surface area contributed by atoms with Crippen LogP contribution in [0.1, 0.15) is 65.2 Å². The van der Waals surface area contributed by atoms with Gasteiger partial charge in [0.1, 0.15) is 5.82 Å². The molecule has 0 aromatic carbocycles. The first kappa shape index (κ1) is 23.7. The van der Waals surface area contributed by atoms with Gasteiger partial charge in [-0.05, 0) is 25.7 Å². The summed E-state index contributed by atoms with van der Waals surface area (Å²) in [6, 6.07) is 0. The Bertz CT molecular complexity index is 973.